The molecule has 1 aromatic carbocycles. The zero-order valence-electron chi connectivity index (χ0n) is 11.0. The van der Waals surface area contributed by atoms with Crippen molar-refractivity contribution in [2.45, 2.75) is 6.18 Å². The quantitative estimate of drug-likeness (QED) is 0.656. The highest BCUT2D eigenvalue weighted by Gasteiger charge is 2.32. The average molecular weight is 286 g/mol. The Morgan fingerprint density at radius 3 is 2.10 bits per heavy atom. The number of halogens is 3. The van der Waals surface area contributed by atoms with Crippen molar-refractivity contribution in [3.05, 3.63) is 29.8 Å². The molecule has 0 aliphatic carbocycles. The minimum absolute atomic E-state index is 0.00606. The topological polar surface area (TPSA) is 56.4 Å². The molecule has 0 atom stereocenters. The number of alkyl halides is 3. The first-order valence-electron chi connectivity index (χ1n) is 6.34. The number of nitrogens with two attached hydrogens (primary N) is 1. The van der Waals surface area contributed by atoms with Crippen molar-refractivity contribution in [1.82, 2.24) is 4.90 Å². The Kier molecular flexibility index (Phi) is 4.17. The number of nitrogen functional groups attached to an aromatic ring is 1. The Balaban J connectivity index is 1.92. The van der Waals surface area contributed by atoms with Crippen molar-refractivity contribution >= 4 is 11.5 Å². The zero-order chi connectivity index (χ0) is 14.8. The monoisotopic (exact) mass is 286 g/mol. The molecule has 1 saturated heterocycles. The van der Waals surface area contributed by atoms with Gasteiger partial charge in [0.15, 0.2) is 0 Å². The number of amidine groups is 1. The number of hydrogen-bond acceptors (Lipinski definition) is 3. The summed E-state index contributed by atoms with van der Waals surface area (Å²) in [6.45, 7) is 1.08. The molecule has 20 heavy (non-hydrogen) atoms. The Morgan fingerprint density at radius 2 is 1.65 bits per heavy atom. The number of anilines is 1. The molecule has 4 nitrogen and oxygen atoms in total. The predicted octanol–water partition coefficient (Wildman–Crippen LogP) is 1.65. The molecule has 110 valence electrons. The summed E-state index contributed by atoms with van der Waals surface area (Å²) in [5.41, 5.74) is 6.96. The van der Waals surface area contributed by atoms with E-state index in [9.17, 15) is 13.2 Å². The van der Waals surface area contributed by atoms with Crippen LogP contribution in [-0.4, -0.2) is 49.6 Å². The standard InChI is InChI=1S/C13H17F3N4/c14-13(15,16)9-19-5-7-20(8-6-19)11-3-1-10(2-4-11)12(17)18/h1-4H,5-9H2,(H3,17,18). The van der Waals surface area contributed by atoms with E-state index in [1.54, 1.807) is 12.1 Å². The molecule has 0 saturated carbocycles. The lowest BCUT2D eigenvalue weighted by Gasteiger charge is -2.36. The molecule has 0 aromatic heterocycles. The second-order valence-electron chi connectivity index (χ2n) is 4.84. The zero-order valence-corrected chi connectivity index (χ0v) is 11.0. The fraction of sp³-hybridized carbons (Fsp3) is 0.462. The van der Waals surface area contributed by atoms with Crippen LogP contribution in [0, 0.1) is 5.41 Å². The van der Waals surface area contributed by atoms with E-state index in [1.165, 1.54) is 4.90 Å². The maximum Gasteiger partial charge on any atom is 0.401 e. The van der Waals surface area contributed by atoms with E-state index in [4.69, 9.17) is 11.1 Å². The van der Waals surface area contributed by atoms with Crippen LogP contribution < -0.4 is 10.6 Å². The molecule has 1 fully saturated rings. The van der Waals surface area contributed by atoms with Crippen LogP contribution in [-0.2, 0) is 0 Å². The summed E-state index contributed by atoms with van der Waals surface area (Å²) >= 11 is 0. The van der Waals surface area contributed by atoms with Crippen LogP contribution in [0.3, 0.4) is 0 Å². The number of rotatable bonds is 3. The van der Waals surface area contributed by atoms with Gasteiger partial charge in [0.05, 0.1) is 6.54 Å². The first-order valence-corrected chi connectivity index (χ1v) is 6.34. The number of nitrogens with one attached hydrogen (secondary N) is 1. The fourth-order valence-electron chi connectivity index (χ4n) is 2.27. The number of nitrogens with zero attached hydrogens (tertiary/aromatic N) is 2. The van der Waals surface area contributed by atoms with Gasteiger partial charge in [0.2, 0.25) is 0 Å². The van der Waals surface area contributed by atoms with Gasteiger partial charge in [0.1, 0.15) is 5.84 Å². The van der Waals surface area contributed by atoms with Crippen molar-refractivity contribution in [3.63, 3.8) is 0 Å². The lowest BCUT2D eigenvalue weighted by molar-refractivity contribution is -0.146. The largest absolute Gasteiger partial charge is 0.401 e. The lowest BCUT2D eigenvalue weighted by Crippen LogP contribution is -2.49. The molecule has 0 spiro atoms. The third kappa shape index (κ3) is 3.86. The van der Waals surface area contributed by atoms with Gasteiger partial charge in [0, 0.05) is 37.4 Å². The van der Waals surface area contributed by atoms with Gasteiger partial charge in [0.25, 0.3) is 0 Å². The summed E-state index contributed by atoms with van der Waals surface area (Å²) in [6, 6.07) is 7.19. The molecular formula is C13H17F3N4. The second-order valence-corrected chi connectivity index (χ2v) is 4.84. The first-order chi connectivity index (χ1) is 9.35. The number of hydrogen-bond donors (Lipinski definition) is 2. The summed E-state index contributed by atoms with van der Waals surface area (Å²) < 4.78 is 36.9. The summed E-state index contributed by atoms with van der Waals surface area (Å²) in [4.78, 5) is 3.46. The predicted molar refractivity (Wildman–Crippen MR) is 72.2 cm³/mol. The molecule has 0 bridgehead atoms. The van der Waals surface area contributed by atoms with Crippen LogP contribution in [0.1, 0.15) is 5.56 Å². The minimum atomic E-state index is -4.13. The molecule has 0 radical (unpaired) electrons. The van der Waals surface area contributed by atoms with E-state index in [1.807, 2.05) is 17.0 Å². The molecule has 0 unspecified atom stereocenters. The van der Waals surface area contributed by atoms with Gasteiger partial charge in [-0.05, 0) is 24.3 Å². The second kappa shape index (κ2) is 5.70. The van der Waals surface area contributed by atoms with Gasteiger partial charge in [-0.25, -0.2) is 0 Å². The van der Waals surface area contributed by atoms with Gasteiger partial charge >= 0.3 is 6.18 Å². The van der Waals surface area contributed by atoms with Crippen LogP contribution in [0.15, 0.2) is 24.3 Å². The smallest absolute Gasteiger partial charge is 0.384 e. The molecule has 1 aliphatic heterocycles. The van der Waals surface area contributed by atoms with Crippen LogP contribution in [0.5, 0.6) is 0 Å². The minimum Gasteiger partial charge on any atom is -0.384 e. The van der Waals surface area contributed by atoms with E-state index in [2.05, 4.69) is 0 Å². The highest BCUT2D eigenvalue weighted by Crippen LogP contribution is 2.20. The van der Waals surface area contributed by atoms with Crippen LogP contribution in [0.25, 0.3) is 0 Å². The highest BCUT2D eigenvalue weighted by molar-refractivity contribution is 5.95. The van der Waals surface area contributed by atoms with Crippen LogP contribution in [0.2, 0.25) is 0 Å². The Labute approximate surface area is 115 Å². The molecule has 1 aliphatic rings. The molecule has 1 heterocycles. The number of benzene rings is 1. The lowest BCUT2D eigenvalue weighted by atomic mass is 10.1. The molecule has 0 amide bonds. The van der Waals surface area contributed by atoms with Gasteiger partial charge in [-0.3, -0.25) is 10.3 Å². The first kappa shape index (κ1) is 14.6. The van der Waals surface area contributed by atoms with Gasteiger partial charge in [-0.2, -0.15) is 13.2 Å². The Bertz CT molecular complexity index is 461. The van der Waals surface area contributed by atoms with Crippen LogP contribution in [0.4, 0.5) is 18.9 Å². The van der Waals surface area contributed by atoms with Crippen molar-refractivity contribution in [3.8, 4) is 0 Å². The summed E-state index contributed by atoms with van der Waals surface area (Å²) in [5, 5.41) is 7.31. The maximum absolute atomic E-state index is 12.3. The average Bonchev–Trinajstić information content (AvgIpc) is 2.38. The Hall–Kier alpha value is -1.76. The van der Waals surface area contributed by atoms with Crippen LogP contribution >= 0.6 is 0 Å². The molecule has 7 heteroatoms. The van der Waals surface area contributed by atoms with Crippen molar-refractivity contribution in [2.75, 3.05) is 37.6 Å². The number of piperazine rings is 1. The van der Waals surface area contributed by atoms with E-state index < -0.39 is 12.7 Å². The van der Waals surface area contributed by atoms with Gasteiger partial charge in [-0.1, -0.05) is 0 Å². The molecule has 1 aromatic rings. The van der Waals surface area contributed by atoms with Crippen molar-refractivity contribution < 1.29 is 13.2 Å². The van der Waals surface area contributed by atoms with Crippen molar-refractivity contribution in [2.24, 2.45) is 5.73 Å². The molecule has 3 N–H and O–H groups in total. The molecular weight excluding hydrogens is 269 g/mol. The normalized spacial score (nSPS) is 17.2. The van der Waals surface area contributed by atoms with E-state index in [-0.39, 0.29) is 5.84 Å². The SMILES string of the molecule is N=C(N)c1ccc(N2CCN(CC(F)(F)F)CC2)cc1. The highest BCUT2D eigenvalue weighted by atomic mass is 19.4. The van der Waals surface area contributed by atoms with E-state index in [0.717, 1.165) is 5.69 Å². The molecule has 2 rings (SSSR count). The van der Waals surface area contributed by atoms with E-state index in [0.29, 0.717) is 31.7 Å². The fourth-order valence-corrected chi connectivity index (χ4v) is 2.27. The summed E-state index contributed by atoms with van der Waals surface area (Å²) in [5.74, 6) is 0.00606. The third-order valence-electron chi connectivity index (χ3n) is 3.32. The summed E-state index contributed by atoms with van der Waals surface area (Å²) in [7, 11) is 0. The summed E-state index contributed by atoms with van der Waals surface area (Å²) in [6.07, 6.45) is -4.13. The Morgan fingerprint density at radius 1 is 1.10 bits per heavy atom. The van der Waals surface area contributed by atoms with E-state index >= 15 is 0 Å². The van der Waals surface area contributed by atoms with Gasteiger partial charge < -0.3 is 10.6 Å². The maximum atomic E-state index is 12.3. The van der Waals surface area contributed by atoms with Gasteiger partial charge in [-0.15, -0.1) is 0 Å². The third-order valence-corrected chi connectivity index (χ3v) is 3.32. The van der Waals surface area contributed by atoms with Crippen molar-refractivity contribution in [1.29, 1.82) is 5.41 Å².